The quantitative estimate of drug-likeness (QED) is 0.0497. The van der Waals surface area contributed by atoms with E-state index < -0.39 is 11.9 Å². The Kier molecular flexibility index (Phi) is 18.5. The third kappa shape index (κ3) is 14.2. The minimum atomic E-state index is -0.642. The fraction of sp³-hybridized carbons (Fsp3) is 0.453. The molecule has 5 heterocycles. The van der Waals surface area contributed by atoms with E-state index in [1.807, 2.05) is 84.1 Å². The standard InChI is InChI=1S/C53H65N11O9/c1-37(57-51(67)39-10-7-11-41(31-39)55-34-47-59-60-50(61(47)2)45-17-19-54-36-56-45)38-9-8-12-43(33-38)73-25-6-4-3-5-24-70-27-29-72-30-28-71-26-18-49(66)63-22-20-62(21-23-63)42-13-14-44-40(32-42)35-64(53(44)69)46-15-16-48(65)58-52(46)68/h7-14,17,19,31-33,36-37,46,55H,3-6,15-16,18,20-30,34-35H2,1-2H3,(H,57,67)(H,58,65,68)/t37-,46?/m1/s1. The van der Waals surface area contributed by atoms with E-state index in [0.29, 0.717) is 121 Å². The van der Waals surface area contributed by atoms with Gasteiger partial charge in [0.25, 0.3) is 11.8 Å². The van der Waals surface area contributed by atoms with E-state index in [4.69, 9.17) is 18.9 Å². The van der Waals surface area contributed by atoms with Gasteiger partial charge in [0.1, 0.15) is 23.8 Å². The Balaban J connectivity index is 0.610. The molecule has 3 aliphatic rings. The molecule has 3 aliphatic heterocycles. The zero-order valence-electron chi connectivity index (χ0n) is 41.6. The van der Waals surface area contributed by atoms with Crippen molar-refractivity contribution in [2.45, 2.75) is 77.0 Å². The van der Waals surface area contributed by atoms with Gasteiger partial charge in [-0.05, 0) is 98.3 Å². The average molecular weight is 1000 g/mol. The Morgan fingerprint density at radius 2 is 1.59 bits per heavy atom. The minimum Gasteiger partial charge on any atom is -0.494 e. The van der Waals surface area contributed by atoms with Gasteiger partial charge in [0, 0.05) is 81.5 Å². The topological polar surface area (TPSA) is 225 Å². The smallest absolute Gasteiger partial charge is 0.255 e. The van der Waals surface area contributed by atoms with Gasteiger partial charge in [-0.25, -0.2) is 9.97 Å². The second-order valence-electron chi connectivity index (χ2n) is 18.3. The van der Waals surface area contributed by atoms with Gasteiger partial charge in [-0.3, -0.25) is 29.3 Å². The number of imide groups is 1. The molecule has 2 fully saturated rings. The molecule has 3 N–H and O–H groups in total. The van der Waals surface area contributed by atoms with Crippen LogP contribution in [0.5, 0.6) is 5.75 Å². The van der Waals surface area contributed by atoms with Crippen LogP contribution in [-0.2, 0) is 48.7 Å². The highest BCUT2D eigenvalue weighted by Crippen LogP contribution is 2.31. The number of aromatic nitrogens is 5. The number of carbonyl (C=O) groups excluding carboxylic acids is 5. The normalized spacial score (nSPS) is 16.1. The molecule has 5 aromatic rings. The predicted octanol–water partition coefficient (Wildman–Crippen LogP) is 4.86. The molecule has 8 rings (SSSR count). The highest BCUT2D eigenvalue weighted by Gasteiger charge is 2.39. The van der Waals surface area contributed by atoms with Crippen molar-refractivity contribution >= 4 is 40.9 Å². The lowest BCUT2D eigenvalue weighted by molar-refractivity contribution is -0.137. The number of nitrogens with one attached hydrogen (secondary N) is 3. The number of fused-ring (bicyclic) bond motifs is 1. The Morgan fingerprint density at radius 3 is 2.37 bits per heavy atom. The molecule has 0 spiro atoms. The summed E-state index contributed by atoms with van der Waals surface area (Å²) < 4.78 is 25.0. The van der Waals surface area contributed by atoms with Gasteiger partial charge in [0.15, 0.2) is 11.6 Å². The first-order valence-corrected chi connectivity index (χ1v) is 25.2. The summed E-state index contributed by atoms with van der Waals surface area (Å²) in [6.45, 7) is 8.64. The van der Waals surface area contributed by atoms with Gasteiger partial charge in [0.2, 0.25) is 17.7 Å². The highest BCUT2D eigenvalue weighted by atomic mass is 16.5. The van der Waals surface area contributed by atoms with Crippen LogP contribution in [0.1, 0.15) is 95.6 Å². The summed E-state index contributed by atoms with van der Waals surface area (Å²) in [4.78, 5) is 77.1. The minimum absolute atomic E-state index is 0.0562. The first-order valence-electron chi connectivity index (χ1n) is 25.2. The maximum atomic E-state index is 13.3. The molecular formula is C53H65N11O9. The van der Waals surface area contributed by atoms with Crippen molar-refractivity contribution in [3.05, 3.63) is 113 Å². The largest absolute Gasteiger partial charge is 0.494 e. The van der Waals surface area contributed by atoms with E-state index in [1.54, 1.807) is 23.2 Å². The van der Waals surface area contributed by atoms with Crippen LogP contribution >= 0.6 is 0 Å². The third-order valence-corrected chi connectivity index (χ3v) is 13.2. The molecule has 0 radical (unpaired) electrons. The molecule has 2 aromatic heterocycles. The second-order valence-corrected chi connectivity index (χ2v) is 18.3. The molecule has 2 saturated heterocycles. The predicted molar refractivity (Wildman–Crippen MR) is 270 cm³/mol. The highest BCUT2D eigenvalue weighted by molar-refractivity contribution is 6.05. The van der Waals surface area contributed by atoms with Crippen LogP contribution < -0.4 is 25.6 Å². The maximum absolute atomic E-state index is 13.3. The molecule has 0 aliphatic carbocycles. The first kappa shape index (κ1) is 52.0. The van der Waals surface area contributed by atoms with E-state index >= 15 is 0 Å². The van der Waals surface area contributed by atoms with Crippen LogP contribution in [0.4, 0.5) is 11.4 Å². The van der Waals surface area contributed by atoms with Crippen LogP contribution in [-0.4, -0.2) is 143 Å². The molecule has 20 nitrogen and oxygen atoms in total. The average Bonchev–Trinajstić information content (AvgIpc) is 3.95. The number of hydrogen-bond donors (Lipinski definition) is 3. The van der Waals surface area contributed by atoms with Crippen LogP contribution in [0.3, 0.4) is 0 Å². The van der Waals surface area contributed by atoms with Gasteiger partial charge in [-0.15, -0.1) is 10.2 Å². The number of hydrogen-bond acceptors (Lipinski definition) is 15. The summed E-state index contributed by atoms with van der Waals surface area (Å²) >= 11 is 0. The number of unbranched alkanes of at least 4 members (excludes halogenated alkanes) is 3. The number of carbonyl (C=O) groups is 5. The number of piperidine rings is 1. The van der Waals surface area contributed by atoms with Crippen LogP contribution in [0.2, 0.25) is 0 Å². The molecular weight excluding hydrogens is 935 g/mol. The molecule has 5 amide bonds. The Hall–Kier alpha value is -7.29. The van der Waals surface area contributed by atoms with Crippen LogP contribution in [0.15, 0.2) is 85.3 Å². The van der Waals surface area contributed by atoms with Crippen LogP contribution in [0, 0.1) is 0 Å². The summed E-state index contributed by atoms with van der Waals surface area (Å²) in [5.74, 6) is 1.09. The molecule has 1 unspecified atom stereocenters. The van der Waals surface area contributed by atoms with Gasteiger partial charge in [-0.2, -0.15) is 0 Å². The van der Waals surface area contributed by atoms with Crippen molar-refractivity contribution in [2.24, 2.45) is 7.05 Å². The van der Waals surface area contributed by atoms with Gasteiger partial charge in [-0.1, -0.05) is 24.6 Å². The number of piperazine rings is 1. The monoisotopic (exact) mass is 999 g/mol. The Labute approximate surface area is 425 Å². The van der Waals surface area contributed by atoms with Gasteiger partial charge in [0.05, 0.1) is 58.6 Å². The lowest BCUT2D eigenvalue weighted by Gasteiger charge is -2.36. The summed E-state index contributed by atoms with van der Waals surface area (Å²) in [6, 6.07) is 21.8. The SMILES string of the molecule is C[C@@H](NC(=O)c1cccc(NCc2nnc(-c3ccncn3)n2C)c1)c1cccc(OCCCCCCOCCOCCOCCC(=O)N2CCN(c3ccc4c(c3)CN(C3CCC(=O)NC3=O)C4=O)CC2)c1. The molecule has 73 heavy (non-hydrogen) atoms. The van der Waals surface area contributed by atoms with E-state index in [1.165, 1.54) is 6.33 Å². The zero-order valence-corrected chi connectivity index (χ0v) is 41.6. The Bertz CT molecular complexity index is 2680. The van der Waals surface area contributed by atoms with E-state index in [0.717, 1.165) is 59.8 Å². The maximum Gasteiger partial charge on any atom is 0.255 e. The molecule has 0 saturated carbocycles. The fourth-order valence-corrected chi connectivity index (χ4v) is 9.03. The number of amides is 5. The fourth-order valence-electron chi connectivity index (χ4n) is 9.03. The molecule has 2 atom stereocenters. The summed E-state index contributed by atoms with van der Waals surface area (Å²) in [6.07, 6.45) is 7.92. The Morgan fingerprint density at radius 1 is 0.822 bits per heavy atom. The first-order chi connectivity index (χ1) is 35.6. The van der Waals surface area contributed by atoms with Gasteiger partial charge < -0.3 is 48.8 Å². The van der Waals surface area contributed by atoms with E-state index in [9.17, 15) is 24.0 Å². The van der Waals surface area contributed by atoms with E-state index in [-0.39, 0.29) is 36.1 Å². The van der Waals surface area contributed by atoms with Crippen LogP contribution in [0.25, 0.3) is 11.5 Å². The summed E-state index contributed by atoms with van der Waals surface area (Å²) in [5.41, 5.74) is 5.39. The molecule has 20 heteroatoms. The molecule has 3 aromatic carbocycles. The molecule has 386 valence electrons. The van der Waals surface area contributed by atoms with Crippen molar-refractivity contribution in [3.8, 4) is 17.3 Å². The zero-order chi connectivity index (χ0) is 50.9. The van der Waals surface area contributed by atoms with Crippen molar-refractivity contribution < 1.29 is 42.9 Å². The second kappa shape index (κ2) is 25.9. The molecule has 0 bridgehead atoms. The lowest BCUT2D eigenvalue weighted by atomic mass is 10.0. The summed E-state index contributed by atoms with van der Waals surface area (Å²) in [5, 5.41) is 17.4. The number of ether oxygens (including phenoxy) is 4. The third-order valence-electron chi connectivity index (χ3n) is 13.2. The van der Waals surface area contributed by atoms with E-state index in [2.05, 4.69) is 41.0 Å². The number of nitrogens with zero attached hydrogens (tertiary/aromatic N) is 8. The number of anilines is 2. The summed E-state index contributed by atoms with van der Waals surface area (Å²) in [7, 11) is 1.88. The van der Waals surface area contributed by atoms with Crippen molar-refractivity contribution in [1.82, 2.24) is 45.2 Å². The lowest BCUT2D eigenvalue weighted by Crippen LogP contribution is -2.52. The number of benzene rings is 3. The number of rotatable bonds is 26. The van der Waals surface area contributed by atoms with Crippen molar-refractivity contribution in [1.29, 1.82) is 0 Å². The van der Waals surface area contributed by atoms with Crippen molar-refractivity contribution in [2.75, 3.05) is 82.6 Å². The van der Waals surface area contributed by atoms with Gasteiger partial charge >= 0.3 is 0 Å². The van der Waals surface area contributed by atoms with Crippen molar-refractivity contribution in [3.63, 3.8) is 0 Å².